The summed E-state index contributed by atoms with van der Waals surface area (Å²) >= 11 is 0. The Hall–Kier alpha value is -3.00. The van der Waals surface area contributed by atoms with Crippen molar-refractivity contribution in [3.63, 3.8) is 0 Å². The average molecular weight is 395 g/mol. The number of pyridine rings is 2. The Morgan fingerprint density at radius 1 is 1.28 bits per heavy atom. The maximum absolute atomic E-state index is 12.9. The molecule has 1 fully saturated rings. The molecule has 8 heteroatoms. The number of nitrogens with zero attached hydrogens (tertiary/aromatic N) is 3. The van der Waals surface area contributed by atoms with Crippen molar-refractivity contribution in [2.45, 2.75) is 38.1 Å². The minimum absolute atomic E-state index is 0.237. The maximum Gasteiger partial charge on any atom is 0.267 e. The lowest BCUT2D eigenvalue weighted by molar-refractivity contribution is 0.0949. The van der Waals surface area contributed by atoms with Gasteiger partial charge < -0.3 is 15.4 Å². The number of carbonyl (C=O) groups is 1. The van der Waals surface area contributed by atoms with Gasteiger partial charge in [-0.1, -0.05) is 18.9 Å². The molecule has 0 atom stereocenters. The van der Waals surface area contributed by atoms with Gasteiger partial charge in [-0.05, 0) is 37.5 Å². The van der Waals surface area contributed by atoms with E-state index in [-0.39, 0.29) is 17.5 Å². The SMILES string of the molecule is COCCCNC(=O)c1cc2c(=O)n3ccccc3nc2nc1NC1CCCC1. The lowest BCUT2D eigenvalue weighted by Gasteiger charge is -2.17. The molecule has 3 aromatic rings. The quantitative estimate of drug-likeness (QED) is 0.471. The minimum atomic E-state index is -0.256. The second-order valence-electron chi connectivity index (χ2n) is 7.33. The van der Waals surface area contributed by atoms with Crippen LogP contribution in [-0.4, -0.2) is 46.6 Å². The van der Waals surface area contributed by atoms with Gasteiger partial charge in [0.15, 0.2) is 5.65 Å². The molecule has 4 rings (SSSR count). The molecule has 2 N–H and O–H groups in total. The van der Waals surface area contributed by atoms with Gasteiger partial charge in [0, 0.05) is 32.5 Å². The van der Waals surface area contributed by atoms with Crippen LogP contribution in [0.15, 0.2) is 35.3 Å². The summed E-state index contributed by atoms with van der Waals surface area (Å²) in [7, 11) is 1.63. The third-order valence-electron chi connectivity index (χ3n) is 5.26. The fourth-order valence-corrected chi connectivity index (χ4v) is 3.74. The van der Waals surface area contributed by atoms with Gasteiger partial charge in [0.25, 0.3) is 11.5 Å². The van der Waals surface area contributed by atoms with Gasteiger partial charge in [0.1, 0.15) is 11.5 Å². The van der Waals surface area contributed by atoms with E-state index in [2.05, 4.69) is 20.6 Å². The highest BCUT2D eigenvalue weighted by Crippen LogP contribution is 2.25. The fraction of sp³-hybridized carbons (Fsp3) is 0.429. The number of aromatic nitrogens is 3. The van der Waals surface area contributed by atoms with Crippen molar-refractivity contribution >= 4 is 28.4 Å². The lowest BCUT2D eigenvalue weighted by atomic mass is 10.1. The Bertz CT molecular complexity index is 1090. The van der Waals surface area contributed by atoms with Crippen LogP contribution in [0.3, 0.4) is 0 Å². The van der Waals surface area contributed by atoms with Crippen molar-refractivity contribution in [1.29, 1.82) is 0 Å². The lowest BCUT2D eigenvalue weighted by Crippen LogP contribution is -2.28. The summed E-state index contributed by atoms with van der Waals surface area (Å²) in [4.78, 5) is 34.9. The van der Waals surface area contributed by atoms with E-state index < -0.39 is 0 Å². The van der Waals surface area contributed by atoms with Crippen molar-refractivity contribution in [2.24, 2.45) is 0 Å². The molecule has 0 radical (unpaired) electrons. The summed E-state index contributed by atoms with van der Waals surface area (Å²) < 4.78 is 6.49. The molecule has 29 heavy (non-hydrogen) atoms. The Morgan fingerprint density at radius 3 is 2.90 bits per heavy atom. The highest BCUT2D eigenvalue weighted by atomic mass is 16.5. The monoisotopic (exact) mass is 395 g/mol. The molecule has 0 bridgehead atoms. The van der Waals surface area contributed by atoms with Gasteiger partial charge in [0.05, 0.1) is 10.9 Å². The number of nitrogens with one attached hydrogen (secondary N) is 2. The first-order valence-electron chi connectivity index (χ1n) is 10.0. The predicted octanol–water partition coefficient (Wildman–Crippen LogP) is 2.36. The largest absolute Gasteiger partial charge is 0.385 e. The van der Waals surface area contributed by atoms with Gasteiger partial charge in [-0.15, -0.1) is 0 Å². The van der Waals surface area contributed by atoms with Crippen LogP contribution >= 0.6 is 0 Å². The number of hydrogen-bond acceptors (Lipinski definition) is 6. The fourth-order valence-electron chi connectivity index (χ4n) is 3.74. The molecule has 1 aliphatic carbocycles. The molecular formula is C21H25N5O3. The van der Waals surface area contributed by atoms with Gasteiger partial charge in [0.2, 0.25) is 0 Å². The van der Waals surface area contributed by atoms with Gasteiger partial charge >= 0.3 is 0 Å². The normalized spacial score (nSPS) is 14.5. The Morgan fingerprint density at radius 2 is 2.10 bits per heavy atom. The van der Waals surface area contributed by atoms with Gasteiger partial charge in [-0.2, -0.15) is 0 Å². The highest BCUT2D eigenvalue weighted by molar-refractivity contribution is 6.01. The summed E-state index contributed by atoms with van der Waals surface area (Å²) in [5.74, 6) is 0.231. The van der Waals surface area contributed by atoms with Crippen LogP contribution < -0.4 is 16.2 Å². The number of rotatable bonds is 7. The molecule has 1 saturated carbocycles. The van der Waals surface area contributed by atoms with Crippen LogP contribution in [0.2, 0.25) is 0 Å². The first-order valence-corrected chi connectivity index (χ1v) is 10.0. The Labute approximate surface area is 168 Å². The van der Waals surface area contributed by atoms with E-state index in [1.165, 1.54) is 4.40 Å². The van der Waals surface area contributed by atoms with Crippen molar-refractivity contribution in [2.75, 3.05) is 25.6 Å². The molecule has 3 heterocycles. The van der Waals surface area contributed by atoms with E-state index in [0.29, 0.717) is 47.6 Å². The summed E-state index contributed by atoms with van der Waals surface area (Å²) in [6.45, 7) is 1.06. The Balaban J connectivity index is 1.76. The molecule has 3 aromatic heterocycles. The number of carbonyl (C=O) groups excluding carboxylic acids is 1. The number of fused-ring (bicyclic) bond motifs is 2. The molecule has 0 unspecified atom stereocenters. The molecule has 0 aromatic carbocycles. The van der Waals surface area contributed by atoms with Crippen molar-refractivity contribution in [3.8, 4) is 0 Å². The molecule has 0 saturated heterocycles. The van der Waals surface area contributed by atoms with Crippen LogP contribution in [0.5, 0.6) is 0 Å². The van der Waals surface area contributed by atoms with E-state index in [1.807, 2.05) is 6.07 Å². The number of hydrogen-bond donors (Lipinski definition) is 2. The maximum atomic E-state index is 12.9. The second kappa shape index (κ2) is 8.57. The first kappa shape index (κ1) is 19.3. The van der Waals surface area contributed by atoms with Crippen LogP contribution in [0, 0.1) is 0 Å². The minimum Gasteiger partial charge on any atom is -0.385 e. The number of amides is 1. The Kier molecular flexibility index (Phi) is 5.71. The molecule has 1 aliphatic rings. The van der Waals surface area contributed by atoms with E-state index in [0.717, 1.165) is 25.7 Å². The number of methoxy groups -OCH3 is 1. The highest BCUT2D eigenvalue weighted by Gasteiger charge is 2.21. The zero-order valence-electron chi connectivity index (χ0n) is 16.5. The molecule has 152 valence electrons. The van der Waals surface area contributed by atoms with Crippen LogP contribution in [0.1, 0.15) is 42.5 Å². The molecule has 0 spiro atoms. The van der Waals surface area contributed by atoms with Crippen LogP contribution in [-0.2, 0) is 4.74 Å². The summed E-state index contributed by atoms with van der Waals surface area (Å²) in [6.07, 6.45) is 6.79. The zero-order valence-corrected chi connectivity index (χ0v) is 16.5. The van der Waals surface area contributed by atoms with Crippen molar-refractivity contribution in [1.82, 2.24) is 19.7 Å². The standard InChI is InChI=1S/C21H25N5O3/c1-29-12-6-10-22-20(27)15-13-16-19(25-18(15)23-14-7-2-3-8-14)24-17-9-4-5-11-26(17)21(16)28/h4-5,9,11,13-14H,2-3,6-8,10,12H2,1H3,(H,22,27)(H,23,25). The summed E-state index contributed by atoms with van der Waals surface area (Å²) in [5, 5.41) is 6.62. The van der Waals surface area contributed by atoms with Crippen molar-refractivity contribution < 1.29 is 9.53 Å². The van der Waals surface area contributed by atoms with E-state index >= 15 is 0 Å². The third kappa shape index (κ3) is 4.07. The smallest absolute Gasteiger partial charge is 0.267 e. The zero-order chi connectivity index (χ0) is 20.2. The second-order valence-corrected chi connectivity index (χ2v) is 7.33. The van der Waals surface area contributed by atoms with E-state index in [1.54, 1.807) is 31.5 Å². The van der Waals surface area contributed by atoms with Crippen molar-refractivity contribution in [3.05, 3.63) is 46.4 Å². The van der Waals surface area contributed by atoms with Gasteiger partial charge in [-0.25, -0.2) is 9.97 Å². The van der Waals surface area contributed by atoms with Crippen LogP contribution in [0.4, 0.5) is 5.82 Å². The molecule has 0 aliphatic heterocycles. The van der Waals surface area contributed by atoms with Crippen LogP contribution in [0.25, 0.3) is 16.7 Å². The molecule has 1 amide bonds. The number of ether oxygens (including phenoxy) is 1. The predicted molar refractivity (Wildman–Crippen MR) is 111 cm³/mol. The number of anilines is 1. The summed E-state index contributed by atoms with van der Waals surface area (Å²) in [6, 6.07) is 7.26. The average Bonchev–Trinajstić information content (AvgIpc) is 3.24. The summed E-state index contributed by atoms with van der Waals surface area (Å²) in [5.41, 5.74) is 1.01. The first-order chi connectivity index (χ1) is 14.2. The van der Waals surface area contributed by atoms with E-state index in [4.69, 9.17) is 4.74 Å². The molecule has 8 nitrogen and oxygen atoms in total. The topological polar surface area (TPSA) is 97.6 Å². The third-order valence-corrected chi connectivity index (χ3v) is 5.26. The van der Waals surface area contributed by atoms with E-state index in [9.17, 15) is 9.59 Å². The molecular weight excluding hydrogens is 370 g/mol. The van der Waals surface area contributed by atoms with Gasteiger partial charge in [-0.3, -0.25) is 14.0 Å².